The van der Waals surface area contributed by atoms with E-state index in [1.807, 2.05) is 5.38 Å². The first-order chi connectivity index (χ1) is 6.16. The van der Waals surface area contributed by atoms with Crippen LogP contribution in [0, 0.1) is 0 Å². The van der Waals surface area contributed by atoms with Gasteiger partial charge in [-0.25, -0.2) is 0 Å². The van der Waals surface area contributed by atoms with Crippen LogP contribution in [-0.2, 0) is 4.74 Å². The van der Waals surface area contributed by atoms with Crippen LogP contribution in [0.5, 0.6) is 0 Å². The van der Waals surface area contributed by atoms with Crippen LogP contribution < -0.4 is 5.73 Å². The highest BCUT2D eigenvalue weighted by atomic mass is 79.9. The van der Waals surface area contributed by atoms with Crippen LogP contribution >= 0.6 is 27.3 Å². The first-order valence-electron chi connectivity index (χ1n) is 3.67. The summed E-state index contributed by atoms with van der Waals surface area (Å²) in [5.74, 6) is -0.0880. The zero-order chi connectivity index (χ0) is 9.84. The third kappa shape index (κ3) is 2.60. The van der Waals surface area contributed by atoms with E-state index in [1.54, 1.807) is 5.38 Å². The molecule has 1 aromatic heterocycles. The molecule has 0 aliphatic rings. The van der Waals surface area contributed by atoms with E-state index in [2.05, 4.69) is 15.9 Å². The molecular formula is C8H10BrNO2S. The lowest BCUT2D eigenvalue weighted by Crippen LogP contribution is -2.34. The number of hydrogen-bond donors (Lipinski definition) is 1. The molecular weight excluding hydrogens is 254 g/mol. The van der Waals surface area contributed by atoms with E-state index in [1.165, 1.54) is 18.4 Å². The lowest BCUT2D eigenvalue weighted by atomic mass is 10.1. The Hall–Kier alpha value is -0.230. The molecule has 0 saturated heterocycles. The van der Waals surface area contributed by atoms with Gasteiger partial charge in [0.05, 0.1) is 12.6 Å². The number of Topliss-reactive ketones (excluding diaryl/α,β-unsaturated/α-hetero) is 1. The van der Waals surface area contributed by atoms with Gasteiger partial charge >= 0.3 is 0 Å². The molecule has 1 atom stereocenters. The van der Waals surface area contributed by atoms with Crippen molar-refractivity contribution in [2.45, 2.75) is 6.04 Å². The maximum atomic E-state index is 11.6. The first kappa shape index (κ1) is 10.8. The van der Waals surface area contributed by atoms with Gasteiger partial charge in [0.15, 0.2) is 5.78 Å². The van der Waals surface area contributed by atoms with Gasteiger partial charge in [-0.05, 0) is 15.9 Å². The number of rotatable bonds is 4. The van der Waals surface area contributed by atoms with Crippen LogP contribution in [0.3, 0.4) is 0 Å². The summed E-state index contributed by atoms with van der Waals surface area (Å²) in [6.07, 6.45) is 0. The van der Waals surface area contributed by atoms with Crippen LogP contribution in [0.15, 0.2) is 15.2 Å². The number of ketones is 1. The quantitative estimate of drug-likeness (QED) is 0.841. The topological polar surface area (TPSA) is 52.3 Å². The van der Waals surface area contributed by atoms with Gasteiger partial charge in [-0.3, -0.25) is 4.79 Å². The minimum atomic E-state index is -0.573. The van der Waals surface area contributed by atoms with Crippen LogP contribution in [0.4, 0.5) is 0 Å². The van der Waals surface area contributed by atoms with Crippen molar-refractivity contribution in [3.8, 4) is 0 Å². The van der Waals surface area contributed by atoms with Crippen LogP contribution in [0.2, 0.25) is 0 Å². The number of carbonyl (C=O) groups is 1. The maximum Gasteiger partial charge on any atom is 0.183 e. The molecule has 2 N–H and O–H groups in total. The number of nitrogens with two attached hydrogens (primary N) is 1. The predicted octanol–water partition coefficient (Wildman–Crippen LogP) is 1.67. The Labute approximate surface area is 89.0 Å². The van der Waals surface area contributed by atoms with Crippen molar-refractivity contribution in [1.29, 1.82) is 0 Å². The molecule has 0 saturated carbocycles. The van der Waals surface area contributed by atoms with E-state index in [0.717, 1.165) is 4.47 Å². The molecule has 5 heteroatoms. The summed E-state index contributed by atoms with van der Waals surface area (Å²) >= 11 is 4.75. The van der Waals surface area contributed by atoms with Crippen molar-refractivity contribution in [2.75, 3.05) is 13.7 Å². The van der Waals surface area contributed by atoms with E-state index in [9.17, 15) is 4.79 Å². The fourth-order valence-electron chi connectivity index (χ4n) is 0.912. The summed E-state index contributed by atoms with van der Waals surface area (Å²) in [6.45, 7) is 0.251. The fourth-order valence-corrected chi connectivity index (χ4v) is 2.39. The molecule has 72 valence electrons. The Bertz CT molecular complexity index is 300. The molecule has 0 spiro atoms. The van der Waals surface area contributed by atoms with Gasteiger partial charge in [-0.15, -0.1) is 0 Å². The van der Waals surface area contributed by atoms with Crippen molar-refractivity contribution in [2.24, 2.45) is 5.73 Å². The normalized spacial score (nSPS) is 12.8. The number of thiophene rings is 1. The highest BCUT2D eigenvalue weighted by Crippen LogP contribution is 2.22. The minimum absolute atomic E-state index is 0.0880. The lowest BCUT2D eigenvalue weighted by molar-refractivity contribution is 0.0892. The predicted molar refractivity (Wildman–Crippen MR) is 56.2 cm³/mol. The second kappa shape index (κ2) is 4.85. The van der Waals surface area contributed by atoms with Crippen molar-refractivity contribution in [3.63, 3.8) is 0 Å². The van der Waals surface area contributed by atoms with E-state index < -0.39 is 6.04 Å². The van der Waals surface area contributed by atoms with Gasteiger partial charge < -0.3 is 10.5 Å². The van der Waals surface area contributed by atoms with Crippen molar-refractivity contribution >= 4 is 33.0 Å². The van der Waals surface area contributed by atoms with Crippen molar-refractivity contribution in [3.05, 3.63) is 20.8 Å². The first-order valence-corrected chi connectivity index (χ1v) is 5.40. The second-order valence-corrected chi connectivity index (χ2v) is 4.16. The summed E-state index contributed by atoms with van der Waals surface area (Å²) in [5, 5.41) is 3.63. The molecule has 0 bridgehead atoms. The zero-order valence-electron chi connectivity index (χ0n) is 7.12. The largest absolute Gasteiger partial charge is 0.383 e. The molecule has 13 heavy (non-hydrogen) atoms. The summed E-state index contributed by atoms with van der Waals surface area (Å²) in [5.41, 5.74) is 6.23. The van der Waals surface area contributed by atoms with Crippen LogP contribution in [0.25, 0.3) is 0 Å². The molecule has 0 radical (unpaired) electrons. The van der Waals surface area contributed by atoms with Crippen LogP contribution in [0.1, 0.15) is 10.4 Å². The molecule has 1 heterocycles. The SMILES string of the molecule is COCC(N)C(=O)c1cscc1Br. The highest BCUT2D eigenvalue weighted by molar-refractivity contribution is 9.10. The fraction of sp³-hybridized carbons (Fsp3) is 0.375. The highest BCUT2D eigenvalue weighted by Gasteiger charge is 2.18. The summed E-state index contributed by atoms with van der Waals surface area (Å²) in [7, 11) is 1.52. The maximum absolute atomic E-state index is 11.6. The average molecular weight is 264 g/mol. The van der Waals surface area contributed by atoms with Gasteiger partial charge in [0, 0.05) is 27.9 Å². The number of ether oxygens (including phenoxy) is 1. The summed E-state index contributed by atoms with van der Waals surface area (Å²) < 4.78 is 5.60. The molecule has 0 amide bonds. The Morgan fingerprint density at radius 1 is 1.77 bits per heavy atom. The zero-order valence-corrected chi connectivity index (χ0v) is 9.52. The molecule has 0 aromatic carbocycles. The van der Waals surface area contributed by atoms with E-state index in [-0.39, 0.29) is 12.4 Å². The third-order valence-electron chi connectivity index (χ3n) is 1.56. The van der Waals surface area contributed by atoms with E-state index >= 15 is 0 Å². The summed E-state index contributed by atoms with van der Waals surface area (Å²) in [6, 6.07) is -0.573. The molecule has 0 aliphatic carbocycles. The number of halogens is 1. The van der Waals surface area contributed by atoms with Crippen molar-refractivity contribution < 1.29 is 9.53 Å². The molecule has 1 aromatic rings. The summed E-state index contributed by atoms with van der Waals surface area (Å²) in [4.78, 5) is 11.6. The monoisotopic (exact) mass is 263 g/mol. The number of hydrogen-bond acceptors (Lipinski definition) is 4. The molecule has 0 aliphatic heterocycles. The smallest absolute Gasteiger partial charge is 0.183 e. The molecule has 1 rings (SSSR count). The second-order valence-electron chi connectivity index (χ2n) is 2.56. The molecule has 1 unspecified atom stereocenters. The Kier molecular flexibility index (Phi) is 4.05. The van der Waals surface area contributed by atoms with E-state index in [4.69, 9.17) is 10.5 Å². The Morgan fingerprint density at radius 2 is 2.46 bits per heavy atom. The van der Waals surface area contributed by atoms with Crippen molar-refractivity contribution in [1.82, 2.24) is 0 Å². The van der Waals surface area contributed by atoms with E-state index in [0.29, 0.717) is 5.56 Å². The average Bonchev–Trinajstić information content (AvgIpc) is 2.50. The Morgan fingerprint density at radius 3 is 2.92 bits per heavy atom. The number of carbonyl (C=O) groups excluding carboxylic acids is 1. The van der Waals surface area contributed by atoms with Gasteiger partial charge in [-0.1, -0.05) is 0 Å². The third-order valence-corrected chi connectivity index (χ3v) is 3.27. The Balaban J connectivity index is 2.73. The van der Waals surface area contributed by atoms with Gasteiger partial charge in [-0.2, -0.15) is 11.3 Å². The van der Waals surface area contributed by atoms with Crippen LogP contribution in [-0.4, -0.2) is 25.5 Å². The van der Waals surface area contributed by atoms with Gasteiger partial charge in [0.1, 0.15) is 0 Å². The molecule has 3 nitrogen and oxygen atoms in total. The van der Waals surface area contributed by atoms with Gasteiger partial charge in [0.2, 0.25) is 0 Å². The van der Waals surface area contributed by atoms with Gasteiger partial charge in [0.25, 0.3) is 0 Å². The number of methoxy groups -OCH3 is 1. The standard InChI is InChI=1S/C8H10BrNO2S/c1-12-2-7(10)8(11)5-3-13-4-6(5)9/h3-4,7H,2,10H2,1H3. The molecule has 0 fully saturated rings. The lowest BCUT2D eigenvalue weighted by Gasteiger charge is -2.07. The minimum Gasteiger partial charge on any atom is -0.383 e.